The van der Waals surface area contributed by atoms with Crippen molar-refractivity contribution in [2.24, 2.45) is 0 Å². The number of nitrogens with two attached hydrogens (primary N) is 1. The van der Waals surface area contributed by atoms with Crippen LogP contribution in [-0.2, 0) is 6.42 Å². The normalized spacial score (nSPS) is 10.6. The van der Waals surface area contributed by atoms with Gasteiger partial charge in [-0.1, -0.05) is 36.4 Å². The number of hydrogen-bond acceptors (Lipinski definition) is 3. The van der Waals surface area contributed by atoms with Crippen molar-refractivity contribution in [2.75, 3.05) is 17.6 Å². The van der Waals surface area contributed by atoms with Crippen LogP contribution in [0.3, 0.4) is 0 Å². The number of nitrogens with one attached hydrogen (secondary N) is 1. The van der Waals surface area contributed by atoms with Crippen molar-refractivity contribution in [3.8, 4) is 0 Å². The van der Waals surface area contributed by atoms with Gasteiger partial charge in [0.1, 0.15) is 0 Å². The summed E-state index contributed by atoms with van der Waals surface area (Å²) in [6.45, 7) is 0.837. The third-order valence-electron chi connectivity index (χ3n) is 3.39. The molecule has 3 nitrogen and oxygen atoms in total. The molecular formula is C17H17N3. The zero-order valence-corrected chi connectivity index (χ0v) is 11.2. The molecular weight excluding hydrogens is 246 g/mol. The SMILES string of the molecule is Nc1ccccc1NCCc1cccc2cccnc12. The number of nitrogens with zero attached hydrogens (tertiary/aromatic N) is 1. The van der Waals surface area contributed by atoms with Crippen molar-refractivity contribution in [1.29, 1.82) is 0 Å². The van der Waals surface area contributed by atoms with Gasteiger partial charge in [-0.3, -0.25) is 4.98 Å². The van der Waals surface area contributed by atoms with Gasteiger partial charge in [0.2, 0.25) is 0 Å². The zero-order valence-electron chi connectivity index (χ0n) is 11.2. The Morgan fingerprint density at radius 1 is 0.950 bits per heavy atom. The van der Waals surface area contributed by atoms with Gasteiger partial charge < -0.3 is 11.1 Å². The monoisotopic (exact) mass is 263 g/mol. The second kappa shape index (κ2) is 5.61. The first-order valence-corrected chi connectivity index (χ1v) is 6.75. The Bertz CT molecular complexity index is 717. The molecule has 0 saturated carbocycles. The van der Waals surface area contributed by atoms with Crippen LogP contribution < -0.4 is 11.1 Å². The number of nitrogen functional groups attached to an aromatic ring is 1. The molecule has 0 bridgehead atoms. The summed E-state index contributed by atoms with van der Waals surface area (Å²) in [5.74, 6) is 0. The van der Waals surface area contributed by atoms with Gasteiger partial charge >= 0.3 is 0 Å². The molecule has 3 heteroatoms. The minimum Gasteiger partial charge on any atom is -0.397 e. The molecule has 3 rings (SSSR count). The molecule has 0 amide bonds. The molecule has 0 unspecified atom stereocenters. The molecule has 2 aromatic carbocycles. The maximum absolute atomic E-state index is 5.92. The molecule has 20 heavy (non-hydrogen) atoms. The summed E-state index contributed by atoms with van der Waals surface area (Å²) in [6.07, 6.45) is 2.76. The minimum atomic E-state index is 0.781. The first-order valence-electron chi connectivity index (χ1n) is 6.75. The van der Waals surface area contributed by atoms with Crippen LogP contribution in [0.15, 0.2) is 60.8 Å². The molecule has 0 atom stereocenters. The highest BCUT2D eigenvalue weighted by Gasteiger charge is 2.02. The molecule has 3 N–H and O–H groups in total. The van der Waals surface area contributed by atoms with Gasteiger partial charge in [0.15, 0.2) is 0 Å². The summed E-state index contributed by atoms with van der Waals surface area (Å²) >= 11 is 0. The lowest BCUT2D eigenvalue weighted by atomic mass is 10.1. The Kier molecular flexibility index (Phi) is 3.50. The van der Waals surface area contributed by atoms with E-state index < -0.39 is 0 Å². The van der Waals surface area contributed by atoms with E-state index in [1.165, 1.54) is 10.9 Å². The number of hydrogen-bond donors (Lipinski definition) is 2. The number of pyridine rings is 1. The van der Waals surface area contributed by atoms with Crippen LogP contribution in [0.5, 0.6) is 0 Å². The summed E-state index contributed by atoms with van der Waals surface area (Å²) in [5.41, 5.74) is 10.0. The second-order valence-electron chi connectivity index (χ2n) is 4.76. The first-order chi connectivity index (χ1) is 9.84. The van der Waals surface area contributed by atoms with E-state index in [4.69, 9.17) is 5.73 Å². The summed E-state index contributed by atoms with van der Waals surface area (Å²) in [6, 6.07) is 18.2. The van der Waals surface area contributed by atoms with Crippen LogP contribution in [-0.4, -0.2) is 11.5 Å². The predicted molar refractivity (Wildman–Crippen MR) is 84.8 cm³/mol. The Morgan fingerprint density at radius 3 is 2.70 bits per heavy atom. The van der Waals surface area contributed by atoms with Crippen molar-refractivity contribution < 1.29 is 0 Å². The average Bonchev–Trinajstić information content (AvgIpc) is 2.49. The van der Waals surface area contributed by atoms with Crippen molar-refractivity contribution in [2.45, 2.75) is 6.42 Å². The third kappa shape index (κ3) is 2.57. The van der Waals surface area contributed by atoms with Gasteiger partial charge in [-0.15, -0.1) is 0 Å². The Labute approximate surface area is 118 Å². The van der Waals surface area contributed by atoms with Gasteiger partial charge in [0.05, 0.1) is 16.9 Å². The fourth-order valence-electron chi connectivity index (χ4n) is 2.36. The Morgan fingerprint density at radius 2 is 1.80 bits per heavy atom. The number of fused-ring (bicyclic) bond motifs is 1. The van der Waals surface area contributed by atoms with Gasteiger partial charge in [0.25, 0.3) is 0 Å². The molecule has 100 valence electrons. The molecule has 0 fully saturated rings. The highest BCUT2D eigenvalue weighted by Crippen LogP contribution is 2.19. The summed E-state index contributed by atoms with van der Waals surface area (Å²) in [7, 11) is 0. The zero-order chi connectivity index (χ0) is 13.8. The molecule has 0 saturated heterocycles. The molecule has 3 aromatic rings. The first kappa shape index (κ1) is 12.5. The smallest absolute Gasteiger partial charge is 0.0734 e. The fraction of sp³-hybridized carbons (Fsp3) is 0.118. The lowest BCUT2D eigenvalue weighted by molar-refractivity contribution is 1.03. The predicted octanol–water partition coefficient (Wildman–Crippen LogP) is 3.47. The maximum Gasteiger partial charge on any atom is 0.0734 e. The van der Waals surface area contributed by atoms with Crippen molar-refractivity contribution in [3.63, 3.8) is 0 Å². The molecule has 0 spiro atoms. The Hall–Kier alpha value is -2.55. The number of benzene rings is 2. The molecule has 1 aromatic heterocycles. The van der Waals surface area contributed by atoms with Crippen molar-refractivity contribution >= 4 is 22.3 Å². The molecule has 0 aliphatic rings. The third-order valence-corrected chi connectivity index (χ3v) is 3.39. The van der Waals surface area contributed by atoms with E-state index in [1.807, 2.05) is 36.5 Å². The quantitative estimate of drug-likeness (QED) is 0.709. The van der Waals surface area contributed by atoms with E-state index in [-0.39, 0.29) is 0 Å². The Balaban J connectivity index is 1.73. The van der Waals surface area contributed by atoms with E-state index in [1.54, 1.807) is 0 Å². The number of aromatic nitrogens is 1. The number of anilines is 2. The van der Waals surface area contributed by atoms with E-state index in [2.05, 4.69) is 34.6 Å². The standard InChI is InChI=1S/C17H17N3/c18-15-8-1-2-9-16(15)19-12-10-14-6-3-5-13-7-4-11-20-17(13)14/h1-9,11,19H,10,12,18H2. The van der Waals surface area contributed by atoms with E-state index in [0.717, 1.165) is 29.9 Å². The van der Waals surface area contributed by atoms with Crippen LogP contribution in [0.1, 0.15) is 5.56 Å². The topological polar surface area (TPSA) is 50.9 Å². The van der Waals surface area contributed by atoms with E-state index in [0.29, 0.717) is 0 Å². The highest BCUT2D eigenvalue weighted by molar-refractivity contribution is 5.81. The van der Waals surface area contributed by atoms with Crippen LogP contribution in [0, 0.1) is 0 Å². The van der Waals surface area contributed by atoms with E-state index >= 15 is 0 Å². The summed E-state index contributed by atoms with van der Waals surface area (Å²) < 4.78 is 0. The summed E-state index contributed by atoms with van der Waals surface area (Å²) in [4.78, 5) is 4.47. The van der Waals surface area contributed by atoms with Gasteiger partial charge in [-0.2, -0.15) is 0 Å². The fourth-order valence-corrected chi connectivity index (χ4v) is 2.36. The largest absolute Gasteiger partial charge is 0.397 e. The molecule has 0 radical (unpaired) electrons. The van der Waals surface area contributed by atoms with Crippen molar-refractivity contribution in [3.05, 3.63) is 66.4 Å². The lowest BCUT2D eigenvalue weighted by Gasteiger charge is -2.10. The van der Waals surface area contributed by atoms with Crippen LogP contribution in [0.4, 0.5) is 11.4 Å². The summed E-state index contributed by atoms with van der Waals surface area (Å²) in [5, 5.41) is 4.56. The maximum atomic E-state index is 5.92. The van der Waals surface area contributed by atoms with Gasteiger partial charge in [-0.25, -0.2) is 0 Å². The second-order valence-corrected chi connectivity index (χ2v) is 4.76. The minimum absolute atomic E-state index is 0.781. The van der Waals surface area contributed by atoms with Crippen LogP contribution in [0.25, 0.3) is 10.9 Å². The molecule has 0 aliphatic carbocycles. The van der Waals surface area contributed by atoms with Crippen LogP contribution in [0.2, 0.25) is 0 Å². The van der Waals surface area contributed by atoms with Crippen LogP contribution >= 0.6 is 0 Å². The molecule has 1 heterocycles. The number of para-hydroxylation sites is 3. The lowest BCUT2D eigenvalue weighted by Crippen LogP contribution is -2.07. The van der Waals surface area contributed by atoms with Crippen molar-refractivity contribution in [1.82, 2.24) is 4.98 Å². The van der Waals surface area contributed by atoms with Gasteiger partial charge in [0, 0.05) is 18.1 Å². The van der Waals surface area contributed by atoms with E-state index in [9.17, 15) is 0 Å². The van der Waals surface area contributed by atoms with Gasteiger partial charge in [-0.05, 0) is 30.2 Å². The average molecular weight is 263 g/mol. The molecule has 0 aliphatic heterocycles. The highest BCUT2D eigenvalue weighted by atomic mass is 14.9. The number of rotatable bonds is 4.